The summed E-state index contributed by atoms with van der Waals surface area (Å²) < 4.78 is 0. The fourth-order valence-electron chi connectivity index (χ4n) is 5.23. The average molecular weight is 397 g/mol. The molecule has 0 unspecified atom stereocenters. The molecule has 0 amide bonds. The van der Waals surface area contributed by atoms with Crippen LogP contribution in [-0.2, 0) is 5.41 Å². The summed E-state index contributed by atoms with van der Waals surface area (Å²) in [6.45, 7) is 4.68. The molecule has 31 heavy (non-hydrogen) atoms. The molecule has 0 saturated heterocycles. The summed E-state index contributed by atoms with van der Waals surface area (Å²) >= 11 is 0. The molecule has 0 nitrogen and oxygen atoms in total. The Labute approximate surface area is 183 Å². The largest absolute Gasteiger partial charge is 0.0619 e. The van der Waals surface area contributed by atoms with Crippen LogP contribution in [0.2, 0.25) is 0 Å². The van der Waals surface area contributed by atoms with Crippen LogP contribution in [-0.4, -0.2) is 0 Å². The fraction of sp³-hybridized carbons (Fsp3) is 0.0968. The molecule has 0 aliphatic heterocycles. The molecule has 0 atom stereocenters. The third-order valence-corrected chi connectivity index (χ3v) is 6.88. The van der Waals surface area contributed by atoms with Crippen molar-refractivity contribution < 1.29 is 0 Å². The monoisotopic (exact) mass is 396 g/mol. The molecule has 0 fully saturated rings. The fourth-order valence-corrected chi connectivity index (χ4v) is 5.23. The van der Waals surface area contributed by atoms with E-state index in [1.54, 1.807) is 0 Å². The Morgan fingerprint density at radius 1 is 0.452 bits per heavy atom. The Morgan fingerprint density at radius 2 is 1.10 bits per heavy atom. The SMILES string of the molecule is CC1(C)c2ccccc2-c2ccc(-c3cccc(-c4cccc5ccccc45)c3)cc21. The Morgan fingerprint density at radius 3 is 2.03 bits per heavy atom. The molecule has 0 aromatic heterocycles. The molecule has 0 saturated carbocycles. The predicted molar refractivity (Wildman–Crippen MR) is 132 cm³/mol. The lowest BCUT2D eigenvalue weighted by Crippen LogP contribution is -2.14. The van der Waals surface area contributed by atoms with Gasteiger partial charge in [-0.05, 0) is 67.4 Å². The highest BCUT2D eigenvalue weighted by Crippen LogP contribution is 2.49. The van der Waals surface area contributed by atoms with Crippen LogP contribution in [0.15, 0.2) is 109 Å². The second-order valence-corrected chi connectivity index (χ2v) is 9.04. The Kier molecular flexibility index (Phi) is 3.91. The molecule has 5 aromatic rings. The van der Waals surface area contributed by atoms with E-state index in [2.05, 4.69) is 123 Å². The minimum Gasteiger partial charge on any atom is -0.0619 e. The number of hydrogen-bond acceptors (Lipinski definition) is 0. The van der Waals surface area contributed by atoms with Gasteiger partial charge in [-0.3, -0.25) is 0 Å². The number of fused-ring (bicyclic) bond motifs is 4. The van der Waals surface area contributed by atoms with Crippen molar-refractivity contribution in [3.63, 3.8) is 0 Å². The zero-order chi connectivity index (χ0) is 21.0. The van der Waals surface area contributed by atoms with Gasteiger partial charge in [0.2, 0.25) is 0 Å². The van der Waals surface area contributed by atoms with Gasteiger partial charge in [0.05, 0.1) is 0 Å². The highest BCUT2D eigenvalue weighted by Gasteiger charge is 2.35. The van der Waals surface area contributed by atoms with Crippen molar-refractivity contribution in [2.24, 2.45) is 0 Å². The van der Waals surface area contributed by atoms with Crippen molar-refractivity contribution in [1.82, 2.24) is 0 Å². The van der Waals surface area contributed by atoms with Crippen LogP contribution >= 0.6 is 0 Å². The molecule has 0 radical (unpaired) electrons. The number of rotatable bonds is 2. The van der Waals surface area contributed by atoms with Gasteiger partial charge in [0.25, 0.3) is 0 Å². The first-order valence-electron chi connectivity index (χ1n) is 11.0. The third kappa shape index (κ3) is 2.75. The molecule has 1 aliphatic carbocycles. The lowest BCUT2D eigenvalue weighted by atomic mass is 9.81. The van der Waals surface area contributed by atoms with Crippen molar-refractivity contribution in [2.75, 3.05) is 0 Å². The summed E-state index contributed by atoms with van der Waals surface area (Å²) in [7, 11) is 0. The van der Waals surface area contributed by atoms with E-state index < -0.39 is 0 Å². The van der Waals surface area contributed by atoms with Gasteiger partial charge in [0.15, 0.2) is 0 Å². The van der Waals surface area contributed by atoms with E-state index in [1.807, 2.05) is 0 Å². The van der Waals surface area contributed by atoms with E-state index in [0.29, 0.717) is 0 Å². The molecule has 5 aromatic carbocycles. The van der Waals surface area contributed by atoms with E-state index >= 15 is 0 Å². The van der Waals surface area contributed by atoms with Gasteiger partial charge in [-0.1, -0.05) is 111 Å². The normalized spacial score (nSPS) is 13.7. The van der Waals surface area contributed by atoms with Crippen molar-refractivity contribution in [3.05, 3.63) is 120 Å². The molecular weight excluding hydrogens is 372 g/mol. The van der Waals surface area contributed by atoms with Crippen molar-refractivity contribution >= 4 is 10.8 Å². The molecule has 0 N–H and O–H groups in total. The highest BCUT2D eigenvalue weighted by molar-refractivity contribution is 5.97. The molecule has 148 valence electrons. The molecule has 1 aliphatic rings. The van der Waals surface area contributed by atoms with Gasteiger partial charge >= 0.3 is 0 Å². The van der Waals surface area contributed by atoms with Gasteiger partial charge in [-0.15, -0.1) is 0 Å². The third-order valence-electron chi connectivity index (χ3n) is 6.88. The summed E-state index contributed by atoms with van der Waals surface area (Å²) in [5.74, 6) is 0. The number of hydrogen-bond donors (Lipinski definition) is 0. The second-order valence-electron chi connectivity index (χ2n) is 9.04. The maximum absolute atomic E-state index is 2.40. The van der Waals surface area contributed by atoms with E-state index in [9.17, 15) is 0 Å². The van der Waals surface area contributed by atoms with Crippen molar-refractivity contribution in [1.29, 1.82) is 0 Å². The summed E-state index contributed by atoms with van der Waals surface area (Å²) in [4.78, 5) is 0. The summed E-state index contributed by atoms with van der Waals surface area (Å²) in [5.41, 5.74) is 10.7. The first kappa shape index (κ1) is 18.2. The lowest BCUT2D eigenvalue weighted by molar-refractivity contribution is 0.660. The second kappa shape index (κ2) is 6.68. The summed E-state index contributed by atoms with van der Waals surface area (Å²) in [6, 6.07) is 40.0. The zero-order valence-corrected chi connectivity index (χ0v) is 17.9. The maximum atomic E-state index is 2.40. The quantitative estimate of drug-likeness (QED) is 0.281. The Bertz CT molecular complexity index is 1450. The minimum atomic E-state index is 0.0230. The molecule has 6 rings (SSSR count). The first-order chi connectivity index (χ1) is 15.1. The van der Waals surface area contributed by atoms with Crippen LogP contribution < -0.4 is 0 Å². The molecule has 0 heteroatoms. The van der Waals surface area contributed by atoms with Crippen molar-refractivity contribution in [3.8, 4) is 33.4 Å². The van der Waals surface area contributed by atoms with Gasteiger partial charge in [-0.2, -0.15) is 0 Å². The van der Waals surface area contributed by atoms with Crippen LogP contribution in [0.1, 0.15) is 25.0 Å². The van der Waals surface area contributed by atoms with E-state index in [1.165, 1.54) is 55.3 Å². The molecule has 0 bridgehead atoms. The topological polar surface area (TPSA) is 0 Å². The van der Waals surface area contributed by atoms with Crippen LogP contribution in [0.3, 0.4) is 0 Å². The van der Waals surface area contributed by atoms with Gasteiger partial charge in [0.1, 0.15) is 0 Å². The number of benzene rings is 5. The summed E-state index contributed by atoms with van der Waals surface area (Å²) in [5, 5.41) is 2.58. The maximum Gasteiger partial charge on any atom is 0.0159 e. The standard InChI is InChI=1S/C31H24/c1-31(2)29-16-6-5-14-27(29)28-18-17-23(20-30(28)31)22-11-7-12-24(19-22)26-15-8-10-21-9-3-4-13-25(21)26/h3-20H,1-2H3. The van der Waals surface area contributed by atoms with Crippen molar-refractivity contribution in [2.45, 2.75) is 19.3 Å². The van der Waals surface area contributed by atoms with E-state index in [4.69, 9.17) is 0 Å². The molecule has 0 spiro atoms. The zero-order valence-electron chi connectivity index (χ0n) is 17.9. The summed E-state index contributed by atoms with van der Waals surface area (Å²) in [6.07, 6.45) is 0. The Balaban J connectivity index is 1.48. The predicted octanol–water partition coefficient (Wildman–Crippen LogP) is 8.48. The van der Waals surface area contributed by atoms with Crippen LogP contribution in [0.4, 0.5) is 0 Å². The highest BCUT2D eigenvalue weighted by atomic mass is 14.4. The molecule has 0 heterocycles. The van der Waals surface area contributed by atoms with Crippen LogP contribution in [0.5, 0.6) is 0 Å². The van der Waals surface area contributed by atoms with Gasteiger partial charge in [0, 0.05) is 5.41 Å². The van der Waals surface area contributed by atoms with Gasteiger partial charge < -0.3 is 0 Å². The smallest absolute Gasteiger partial charge is 0.0159 e. The van der Waals surface area contributed by atoms with E-state index in [-0.39, 0.29) is 5.41 Å². The minimum absolute atomic E-state index is 0.0230. The lowest BCUT2D eigenvalue weighted by Gasteiger charge is -2.22. The molecular formula is C31H24. The van der Waals surface area contributed by atoms with Gasteiger partial charge in [-0.25, -0.2) is 0 Å². The van der Waals surface area contributed by atoms with E-state index in [0.717, 1.165) is 0 Å². The first-order valence-corrected chi connectivity index (χ1v) is 11.0. The van der Waals surface area contributed by atoms with Crippen LogP contribution in [0.25, 0.3) is 44.2 Å². The average Bonchev–Trinajstić information content (AvgIpc) is 3.05. The van der Waals surface area contributed by atoms with Crippen LogP contribution in [0, 0.1) is 0 Å². The Hall–Kier alpha value is -3.64.